The highest BCUT2D eigenvalue weighted by Crippen LogP contribution is 2.25. The average molecular weight is 209 g/mol. The molecule has 0 aliphatic heterocycles. The van der Waals surface area contributed by atoms with Crippen LogP contribution in [0.5, 0.6) is 0 Å². The average Bonchev–Trinajstić information content (AvgIpc) is 2.14. The maximum Gasteiger partial charge on any atom is 0.248 e. The van der Waals surface area contributed by atoms with E-state index in [2.05, 4.69) is 15.9 Å². The fraction of sp³-hybridized carbons (Fsp3) is 0.500. The Bertz CT molecular complexity index is 164. The summed E-state index contributed by atoms with van der Waals surface area (Å²) in [6.45, 7) is 0. The van der Waals surface area contributed by atoms with Gasteiger partial charge in [-0.1, -0.05) is 22.0 Å². The molecule has 9 heavy (non-hydrogen) atoms. The molecule has 1 nitrogen and oxygen atoms in total. The Morgan fingerprint density at radius 1 is 1.89 bits per heavy atom. The predicted octanol–water partition coefficient (Wildman–Crippen LogP) is 2.24. The number of hydrogen-bond donors (Lipinski definition) is 0. The summed E-state index contributed by atoms with van der Waals surface area (Å²) in [6.07, 6.45) is 3.68. The molecular weight excluding hydrogens is 203 g/mol. The van der Waals surface area contributed by atoms with Crippen LogP contribution >= 0.6 is 27.5 Å². The largest absolute Gasteiger partial charge is 0.276 e. The molecule has 0 aromatic carbocycles. The van der Waals surface area contributed by atoms with E-state index in [1.165, 1.54) is 0 Å². The minimum atomic E-state index is -0.308. The molecule has 1 atom stereocenters. The van der Waals surface area contributed by atoms with Gasteiger partial charge < -0.3 is 0 Å². The first-order chi connectivity index (χ1) is 4.20. The number of alkyl halides is 1. The third-order valence-electron chi connectivity index (χ3n) is 1.32. The van der Waals surface area contributed by atoms with E-state index in [4.69, 9.17) is 11.6 Å². The summed E-state index contributed by atoms with van der Waals surface area (Å²) in [7, 11) is 0. The minimum absolute atomic E-state index is 0.308. The van der Waals surface area contributed by atoms with E-state index in [-0.39, 0.29) is 5.24 Å². The van der Waals surface area contributed by atoms with Crippen LogP contribution in [0, 0.1) is 0 Å². The van der Waals surface area contributed by atoms with Gasteiger partial charge in [0, 0.05) is 10.4 Å². The van der Waals surface area contributed by atoms with Crippen molar-refractivity contribution in [3.05, 3.63) is 11.6 Å². The van der Waals surface area contributed by atoms with E-state index in [9.17, 15) is 4.79 Å². The van der Waals surface area contributed by atoms with Crippen LogP contribution in [0.2, 0.25) is 0 Å². The van der Waals surface area contributed by atoms with Gasteiger partial charge in [0.25, 0.3) is 0 Å². The van der Waals surface area contributed by atoms with Crippen molar-refractivity contribution in [2.45, 2.75) is 17.7 Å². The fourth-order valence-electron chi connectivity index (χ4n) is 0.842. The van der Waals surface area contributed by atoms with E-state index >= 15 is 0 Å². The summed E-state index contributed by atoms with van der Waals surface area (Å²) in [5, 5.41) is -0.308. The number of halogens is 2. The molecule has 0 spiro atoms. The zero-order valence-corrected chi connectivity index (χ0v) is 7.08. The molecule has 0 amide bonds. The van der Waals surface area contributed by atoms with Crippen molar-refractivity contribution < 1.29 is 4.79 Å². The standard InChI is InChI=1S/C6H6BrClO/c7-5-2-1-4(3-5)6(8)9/h3,5H,1-2H2. The molecule has 0 saturated heterocycles. The third kappa shape index (κ3) is 1.80. The maximum atomic E-state index is 10.5. The van der Waals surface area contributed by atoms with E-state index < -0.39 is 0 Å². The van der Waals surface area contributed by atoms with Crippen molar-refractivity contribution in [2.24, 2.45) is 0 Å². The second-order valence-corrected chi connectivity index (χ2v) is 3.54. The van der Waals surface area contributed by atoms with Crippen molar-refractivity contribution >= 4 is 32.8 Å². The molecule has 0 radical (unpaired) electrons. The van der Waals surface area contributed by atoms with Gasteiger partial charge in [0.15, 0.2) is 0 Å². The SMILES string of the molecule is O=C(Cl)C1=CC(Br)CC1. The van der Waals surface area contributed by atoms with Crippen molar-refractivity contribution in [3.8, 4) is 0 Å². The lowest BCUT2D eigenvalue weighted by Gasteiger charge is -1.87. The maximum absolute atomic E-state index is 10.5. The van der Waals surface area contributed by atoms with Crippen LogP contribution in [0.25, 0.3) is 0 Å². The zero-order chi connectivity index (χ0) is 6.85. The second-order valence-electron chi connectivity index (χ2n) is 2.02. The molecular formula is C6H6BrClO. The van der Waals surface area contributed by atoms with E-state index in [1.807, 2.05) is 6.08 Å². The molecule has 1 rings (SSSR count). The van der Waals surface area contributed by atoms with Crippen LogP contribution in [0.3, 0.4) is 0 Å². The summed E-state index contributed by atoms with van der Waals surface area (Å²) in [5.74, 6) is 0. The van der Waals surface area contributed by atoms with Gasteiger partial charge in [0.2, 0.25) is 5.24 Å². The molecule has 0 bridgehead atoms. The van der Waals surface area contributed by atoms with Crippen molar-refractivity contribution in [3.63, 3.8) is 0 Å². The van der Waals surface area contributed by atoms with E-state index in [0.29, 0.717) is 4.83 Å². The summed E-state index contributed by atoms with van der Waals surface area (Å²) in [4.78, 5) is 10.8. The van der Waals surface area contributed by atoms with Crippen LogP contribution in [-0.4, -0.2) is 10.1 Å². The smallest absolute Gasteiger partial charge is 0.248 e. The van der Waals surface area contributed by atoms with E-state index in [1.54, 1.807) is 0 Å². The number of carbonyl (C=O) groups excluding carboxylic acids is 1. The molecule has 1 aliphatic rings. The highest BCUT2D eigenvalue weighted by Gasteiger charge is 2.16. The van der Waals surface area contributed by atoms with Gasteiger partial charge in [-0.15, -0.1) is 0 Å². The molecule has 0 heterocycles. The van der Waals surface area contributed by atoms with Crippen molar-refractivity contribution in [1.82, 2.24) is 0 Å². The molecule has 1 unspecified atom stereocenters. The van der Waals surface area contributed by atoms with Gasteiger partial charge in [0.05, 0.1) is 0 Å². The Morgan fingerprint density at radius 3 is 2.78 bits per heavy atom. The van der Waals surface area contributed by atoms with Crippen molar-refractivity contribution in [2.75, 3.05) is 0 Å². The molecule has 0 N–H and O–H groups in total. The summed E-state index contributed by atoms with van der Waals surface area (Å²) in [5.41, 5.74) is 0.749. The van der Waals surface area contributed by atoms with Crippen LogP contribution in [0.1, 0.15) is 12.8 Å². The van der Waals surface area contributed by atoms with Gasteiger partial charge in [-0.3, -0.25) is 4.79 Å². The molecule has 0 fully saturated rings. The Kier molecular flexibility index (Phi) is 2.30. The van der Waals surface area contributed by atoms with Crippen LogP contribution in [0.15, 0.2) is 11.6 Å². The monoisotopic (exact) mass is 208 g/mol. The van der Waals surface area contributed by atoms with Gasteiger partial charge in [0.1, 0.15) is 0 Å². The lowest BCUT2D eigenvalue weighted by molar-refractivity contribution is -0.108. The quantitative estimate of drug-likeness (QED) is 0.478. The summed E-state index contributed by atoms with van der Waals surface area (Å²) >= 11 is 8.58. The summed E-state index contributed by atoms with van der Waals surface area (Å²) in [6, 6.07) is 0. The topological polar surface area (TPSA) is 17.1 Å². The molecule has 1 aliphatic carbocycles. The highest BCUT2D eigenvalue weighted by molar-refractivity contribution is 9.09. The van der Waals surface area contributed by atoms with Gasteiger partial charge in [-0.05, 0) is 24.4 Å². The zero-order valence-electron chi connectivity index (χ0n) is 4.73. The van der Waals surface area contributed by atoms with Gasteiger partial charge in [-0.25, -0.2) is 0 Å². The normalized spacial score (nSPS) is 26.0. The lowest BCUT2D eigenvalue weighted by Crippen LogP contribution is -1.86. The van der Waals surface area contributed by atoms with Gasteiger partial charge in [-0.2, -0.15) is 0 Å². The highest BCUT2D eigenvalue weighted by atomic mass is 79.9. The fourth-order valence-corrected chi connectivity index (χ4v) is 1.55. The molecule has 0 aromatic heterocycles. The Balaban J connectivity index is 2.62. The first-order valence-electron chi connectivity index (χ1n) is 2.75. The number of rotatable bonds is 1. The van der Waals surface area contributed by atoms with Crippen LogP contribution in [0.4, 0.5) is 0 Å². The van der Waals surface area contributed by atoms with E-state index in [0.717, 1.165) is 18.4 Å². The second kappa shape index (κ2) is 2.84. The Morgan fingerprint density at radius 2 is 2.56 bits per heavy atom. The predicted molar refractivity (Wildman–Crippen MR) is 40.9 cm³/mol. The first kappa shape index (κ1) is 7.29. The molecule has 0 aromatic rings. The Labute approximate surface area is 67.2 Å². The molecule has 50 valence electrons. The summed E-state index contributed by atoms with van der Waals surface area (Å²) < 4.78 is 0. The van der Waals surface area contributed by atoms with Gasteiger partial charge >= 0.3 is 0 Å². The molecule has 0 saturated carbocycles. The minimum Gasteiger partial charge on any atom is -0.276 e. The molecule has 3 heteroatoms. The lowest BCUT2D eigenvalue weighted by atomic mass is 10.3. The third-order valence-corrected chi connectivity index (χ3v) is 2.29. The van der Waals surface area contributed by atoms with Crippen molar-refractivity contribution in [1.29, 1.82) is 0 Å². The Hall–Kier alpha value is 0.180. The van der Waals surface area contributed by atoms with Crippen LogP contribution < -0.4 is 0 Å². The number of allylic oxidation sites excluding steroid dienone is 2. The first-order valence-corrected chi connectivity index (χ1v) is 4.04. The number of hydrogen-bond acceptors (Lipinski definition) is 1. The van der Waals surface area contributed by atoms with Crippen LogP contribution in [-0.2, 0) is 4.79 Å². The number of carbonyl (C=O) groups is 1.